The van der Waals surface area contributed by atoms with Gasteiger partial charge in [0.25, 0.3) is 0 Å². The summed E-state index contributed by atoms with van der Waals surface area (Å²) in [4.78, 5) is 10.0. The number of rotatable bonds is 3. The Hall–Kier alpha value is -1.54. The molecule has 2 aromatic rings. The zero-order valence-electron chi connectivity index (χ0n) is 9.87. The maximum Gasteiger partial charge on any atom is 0.150 e. The second kappa shape index (κ2) is 8.59. The Kier molecular flexibility index (Phi) is 6.84. The number of carbonyl (C=O) groups is 1. The maximum atomic E-state index is 10.0. The fraction of sp³-hybridized carbons (Fsp3) is 0.133. The lowest BCUT2D eigenvalue weighted by atomic mass is 10.2. The third-order valence-corrected chi connectivity index (χ3v) is 2.71. The molecule has 17 heavy (non-hydrogen) atoms. The molecule has 0 saturated heterocycles. The van der Waals surface area contributed by atoms with Crippen molar-refractivity contribution in [3.05, 3.63) is 71.8 Å². The Balaban J connectivity index is 0.000000171. The third kappa shape index (κ3) is 5.93. The molecule has 0 N–H and O–H groups in total. The Morgan fingerprint density at radius 3 is 1.88 bits per heavy atom. The summed E-state index contributed by atoms with van der Waals surface area (Å²) in [6.45, 7) is 0. The van der Waals surface area contributed by atoms with Crippen LogP contribution in [-0.2, 0) is 5.75 Å². The Morgan fingerprint density at radius 2 is 1.47 bits per heavy atom. The highest BCUT2D eigenvalue weighted by Crippen LogP contribution is 2.06. The maximum absolute atomic E-state index is 10.0. The average molecular weight is 244 g/mol. The van der Waals surface area contributed by atoms with Crippen LogP contribution in [-0.4, -0.2) is 12.5 Å². The lowest BCUT2D eigenvalue weighted by Gasteiger charge is -1.93. The molecule has 0 radical (unpaired) electrons. The molecule has 88 valence electrons. The van der Waals surface area contributed by atoms with E-state index in [2.05, 4.69) is 30.5 Å². The standard InChI is InChI=1S/C8H10S.C7H6O/c1-9-7-8-5-3-2-4-6-8;8-6-7-4-2-1-3-5-7/h2-6H,7H2,1H3;1-6H. The summed E-state index contributed by atoms with van der Waals surface area (Å²) in [5, 5.41) is 0. The SMILES string of the molecule is CSCc1ccccc1.O=Cc1ccccc1. The summed E-state index contributed by atoms with van der Waals surface area (Å²) in [6.07, 6.45) is 2.95. The molecule has 2 heteroatoms. The molecule has 0 fully saturated rings. The van der Waals surface area contributed by atoms with Gasteiger partial charge in [0.2, 0.25) is 0 Å². The van der Waals surface area contributed by atoms with Crippen molar-refractivity contribution < 1.29 is 4.79 Å². The van der Waals surface area contributed by atoms with Crippen LogP contribution >= 0.6 is 11.8 Å². The predicted octanol–water partition coefficient (Wildman–Crippen LogP) is 4.05. The van der Waals surface area contributed by atoms with Gasteiger partial charge in [-0.05, 0) is 11.8 Å². The molecular weight excluding hydrogens is 228 g/mol. The summed E-state index contributed by atoms with van der Waals surface area (Å²) in [6, 6.07) is 19.6. The molecule has 2 aromatic carbocycles. The molecule has 0 aliphatic rings. The van der Waals surface area contributed by atoms with Gasteiger partial charge in [-0.3, -0.25) is 4.79 Å². The first kappa shape index (κ1) is 13.5. The van der Waals surface area contributed by atoms with Crippen molar-refractivity contribution in [2.45, 2.75) is 5.75 Å². The van der Waals surface area contributed by atoms with E-state index >= 15 is 0 Å². The fourth-order valence-electron chi connectivity index (χ4n) is 1.27. The van der Waals surface area contributed by atoms with E-state index in [0.717, 1.165) is 17.6 Å². The van der Waals surface area contributed by atoms with Crippen molar-refractivity contribution >= 4 is 18.0 Å². The molecule has 1 nitrogen and oxygen atoms in total. The van der Waals surface area contributed by atoms with Crippen LogP contribution in [0.25, 0.3) is 0 Å². The minimum Gasteiger partial charge on any atom is -0.298 e. The first-order valence-electron chi connectivity index (χ1n) is 5.40. The van der Waals surface area contributed by atoms with Crippen molar-refractivity contribution in [1.29, 1.82) is 0 Å². The molecule has 0 spiro atoms. The molecule has 0 aliphatic carbocycles. The van der Waals surface area contributed by atoms with Gasteiger partial charge in [0, 0.05) is 11.3 Å². The molecule has 0 amide bonds. The summed E-state index contributed by atoms with van der Waals surface area (Å²) < 4.78 is 0. The van der Waals surface area contributed by atoms with Gasteiger partial charge in [0.15, 0.2) is 0 Å². The van der Waals surface area contributed by atoms with Crippen LogP contribution in [0.1, 0.15) is 15.9 Å². The number of hydrogen-bond acceptors (Lipinski definition) is 2. The van der Waals surface area contributed by atoms with Crippen LogP contribution in [0.15, 0.2) is 60.7 Å². The van der Waals surface area contributed by atoms with Gasteiger partial charge in [-0.25, -0.2) is 0 Å². The second-order valence-corrected chi connectivity index (χ2v) is 4.31. The van der Waals surface area contributed by atoms with Crippen LogP contribution in [0.2, 0.25) is 0 Å². The summed E-state index contributed by atoms with van der Waals surface area (Å²) in [5.74, 6) is 1.13. The molecule has 0 bridgehead atoms. The van der Waals surface area contributed by atoms with Crippen molar-refractivity contribution in [3.8, 4) is 0 Å². The highest BCUT2D eigenvalue weighted by Gasteiger charge is 1.84. The monoisotopic (exact) mass is 244 g/mol. The smallest absolute Gasteiger partial charge is 0.150 e. The van der Waals surface area contributed by atoms with E-state index in [1.165, 1.54) is 5.56 Å². The van der Waals surface area contributed by atoms with Gasteiger partial charge in [-0.2, -0.15) is 11.8 Å². The summed E-state index contributed by atoms with van der Waals surface area (Å²) in [7, 11) is 0. The number of thioether (sulfide) groups is 1. The van der Waals surface area contributed by atoms with Crippen molar-refractivity contribution in [2.75, 3.05) is 6.26 Å². The highest BCUT2D eigenvalue weighted by molar-refractivity contribution is 7.97. The van der Waals surface area contributed by atoms with E-state index in [9.17, 15) is 4.79 Å². The van der Waals surface area contributed by atoms with Crippen molar-refractivity contribution in [3.63, 3.8) is 0 Å². The Bertz CT molecular complexity index is 411. The van der Waals surface area contributed by atoms with Crippen LogP contribution in [0.5, 0.6) is 0 Å². The average Bonchev–Trinajstić information content (AvgIpc) is 2.42. The van der Waals surface area contributed by atoms with E-state index in [1.54, 1.807) is 12.1 Å². The zero-order chi connectivity index (χ0) is 12.3. The highest BCUT2D eigenvalue weighted by atomic mass is 32.2. The van der Waals surface area contributed by atoms with E-state index in [-0.39, 0.29) is 0 Å². The topological polar surface area (TPSA) is 17.1 Å². The van der Waals surface area contributed by atoms with Gasteiger partial charge in [0.1, 0.15) is 6.29 Å². The first-order chi connectivity index (χ1) is 8.36. The largest absolute Gasteiger partial charge is 0.298 e. The van der Waals surface area contributed by atoms with E-state index < -0.39 is 0 Å². The van der Waals surface area contributed by atoms with E-state index in [0.29, 0.717) is 0 Å². The molecule has 2 rings (SSSR count). The number of benzene rings is 2. The van der Waals surface area contributed by atoms with Crippen molar-refractivity contribution in [2.24, 2.45) is 0 Å². The summed E-state index contributed by atoms with van der Waals surface area (Å²) in [5.41, 5.74) is 2.14. The third-order valence-electron chi connectivity index (χ3n) is 2.09. The van der Waals surface area contributed by atoms with Crippen molar-refractivity contribution in [1.82, 2.24) is 0 Å². The second-order valence-electron chi connectivity index (χ2n) is 3.45. The quantitative estimate of drug-likeness (QED) is 0.758. The molecule has 0 aliphatic heterocycles. The number of hydrogen-bond donors (Lipinski definition) is 0. The van der Waals surface area contributed by atoms with Crippen LogP contribution < -0.4 is 0 Å². The summed E-state index contributed by atoms with van der Waals surface area (Å²) >= 11 is 1.85. The van der Waals surface area contributed by atoms with Gasteiger partial charge in [0.05, 0.1) is 0 Å². The lowest BCUT2D eigenvalue weighted by Crippen LogP contribution is -1.74. The van der Waals surface area contributed by atoms with Gasteiger partial charge in [-0.1, -0.05) is 60.7 Å². The Labute approximate surface area is 107 Å². The molecule has 0 saturated carbocycles. The number of aldehydes is 1. The van der Waals surface area contributed by atoms with Crippen LogP contribution in [0.4, 0.5) is 0 Å². The van der Waals surface area contributed by atoms with Gasteiger partial charge >= 0.3 is 0 Å². The normalized spacial score (nSPS) is 9.00. The van der Waals surface area contributed by atoms with E-state index in [4.69, 9.17) is 0 Å². The molecule has 0 heterocycles. The minimum atomic E-state index is 0.729. The minimum absolute atomic E-state index is 0.729. The molecule has 0 atom stereocenters. The Morgan fingerprint density at radius 1 is 0.941 bits per heavy atom. The predicted molar refractivity (Wildman–Crippen MR) is 75.5 cm³/mol. The lowest BCUT2D eigenvalue weighted by molar-refractivity contribution is 0.112. The van der Waals surface area contributed by atoms with Gasteiger partial charge < -0.3 is 0 Å². The molecular formula is C15H16OS. The number of carbonyl (C=O) groups excluding carboxylic acids is 1. The van der Waals surface area contributed by atoms with Crippen LogP contribution in [0.3, 0.4) is 0 Å². The van der Waals surface area contributed by atoms with Gasteiger partial charge in [-0.15, -0.1) is 0 Å². The zero-order valence-corrected chi connectivity index (χ0v) is 10.7. The fourth-order valence-corrected chi connectivity index (χ4v) is 1.80. The first-order valence-corrected chi connectivity index (χ1v) is 6.79. The van der Waals surface area contributed by atoms with E-state index in [1.807, 2.05) is 36.0 Å². The molecule has 0 aromatic heterocycles. The molecule has 0 unspecified atom stereocenters. The van der Waals surface area contributed by atoms with Crippen LogP contribution in [0, 0.1) is 0 Å².